The zero-order chi connectivity index (χ0) is 17.6. The number of hydrogen-bond acceptors (Lipinski definition) is 5. The van der Waals surface area contributed by atoms with Gasteiger partial charge in [0.25, 0.3) is 0 Å². The van der Waals surface area contributed by atoms with Gasteiger partial charge in [-0.05, 0) is 56.8 Å². The number of aromatic nitrogens is 3. The molecule has 2 aromatic heterocycles. The Labute approximate surface area is 154 Å². The zero-order valence-electron chi connectivity index (χ0n) is 15.0. The normalized spacial score (nSPS) is 17.3. The van der Waals surface area contributed by atoms with Gasteiger partial charge in [0, 0.05) is 35.6 Å². The van der Waals surface area contributed by atoms with Crippen LogP contribution in [0.4, 0.5) is 5.69 Å². The fourth-order valence-corrected chi connectivity index (χ4v) is 3.69. The summed E-state index contributed by atoms with van der Waals surface area (Å²) in [5.41, 5.74) is 3.97. The Morgan fingerprint density at radius 2 is 2.04 bits per heavy atom. The molecule has 134 valence electrons. The van der Waals surface area contributed by atoms with Gasteiger partial charge in [-0.2, -0.15) is 0 Å². The summed E-state index contributed by atoms with van der Waals surface area (Å²) in [6, 6.07) is 10.4. The highest BCUT2D eigenvalue weighted by molar-refractivity contribution is 5.93. The lowest BCUT2D eigenvalue weighted by molar-refractivity contribution is 0.353. The molecule has 0 bridgehead atoms. The largest absolute Gasteiger partial charge is 0.384 e. The van der Waals surface area contributed by atoms with Gasteiger partial charge in [0.05, 0.1) is 11.2 Å². The number of nitrogens with zero attached hydrogens (tertiary/aromatic N) is 3. The van der Waals surface area contributed by atoms with Crippen molar-refractivity contribution in [3.8, 4) is 11.3 Å². The number of fused-ring (bicyclic) bond motifs is 1. The zero-order valence-corrected chi connectivity index (χ0v) is 15.0. The van der Waals surface area contributed by atoms with E-state index in [0.29, 0.717) is 0 Å². The third-order valence-corrected chi connectivity index (χ3v) is 5.08. The van der Waals surface area contributed by atoms with E-state index in [-0.39, 0.29) is 0 Å². The maximum atomic E-state index is 4.78. The van der Waals surface area contributed by atoms with E-state index < -0.39 is 0 Å². The van der Waals surface area contributed by atoms with Crippen LogP contribution >= 0.6 is 0 Å². The van der Waals surface area contributed by atoms with Crippen LogP contribution in [0.15, 0.2) is 49.1 Å². The van der Waals surface area contributed by atoms with Crippen molar-refractivity contribution in [2.75, 3.05) is 25.0 Å². The van der Waals surface area contributed by atoms with E-state index in [1.807, 2.05) is 18.5 Å². The molecule has 1 saturated heterocycles. The second-order valence-electron chi connectivity index (χ2n) is 6.98. The minimum atomic E-state index is 0.830. The van der Waals surface area contributed by atoms with Crippen LogP contribution in [0.25, 0.3) is 22.2 Å². The number of anilines is 1. The highest BCUT2D eigenvalue weighted by Crippen LogP contribution is 2.28. The van der Waals surface area contributed by atoms with E-state index in [9.17, 15) is 0 Å². The molecule has 1 aromatic carbocycles. The van der Waals surface area contributed by atoms with Crippen molar-refractivity contribution in [3.05, 3.63) is 49.1 Å². The monoisotopic (exact) mass is 347 g/mol. The lowest BCUT2D eigenvalue weighted by atomic mass is 9.95. The van der Waals surface area contributed by atoms with Crippen LogP contribution in [0, 0.1) is 5.92 Å². The predicted molar refractivity (Wildman–Crippen MR) is 106 cm³/mol. The lowest BCUT2D eigenvalue weighted by Crippen LogP contribution is -2.29. The summed E-state index contributed by atoms with van der Waals surface area (Å²) in [6.07, 6.45) is 10.3. The molecule has 0 aliphatic carbocycles. The van der Waals surface area contributed by atoms with Gasteiger partial charge in [-0.15, -0.1) is 0 Å². The first kappa shape index (κ1) is 16.9. The molecule has 2 N–H and O–H groups in total. The molecule has 1 aliphatic heterocycles. The highest BCUT2D eigenvalue weighted by Gasteiger charge is 2.12. The summed E-state index contributed by atoms with van der Waals surface area (Å²) in [6.45, 7) is 3.34. The van der Waals surface area contributed by atoms with E-state index >= 15 is 0 Å². The number of rotatable bonds is 6. The van der Waals surface area contributed by atoms with Crippen LogP contribution in [0.1, 0.15) is 25.7 Å². The summed E-state index contributed by atoms with van der Waals surface area (Å²) >= 11 is 0. The molecule has 1 unspecified atom stereocenters. The minimum Gasteiger partial charge on any atom is -0.384 e. The third kappa shape index (κ3) is 3.99. The van der Waals surface area contributed by atoms with Gasteiger partial charge in [0.15, 0.2) is 0 Å². The van der Waals surface area contributed by atoms with Crippen molar-refractivity contribution < 1.29 is 0 Å². The smallest absolute Gasteiger partial charge is 0.115 e. The van der Waals surface area contributed by atoms with Crippen molar-refractivity contribution in [1.82, 2.24) is 20.3 Å². The number of nitrogens with one attached hydrogen (secondary N) is 2. The molecule has 0 spiro atoms. The molecule has 26 heavy (non-hydrogen) atoms. The second kappa shape index (κ2) is 8.23. The number of hydrogen-bond donors (Lipinski definition) is 2. The Bertz CT molecular complexity index is 843. The van der Waals surface area contributed by atoms with Crippen LogP contribution in [0.2, 0.25) is 0 Å². The topological polar surface area (TPSA) is 62.7 Å². The van der Waals surface area contributed by atoms with E-state index in [1.165, 1.54) is 38.8 Å². The molecule has 3 heterocycles. The Hall–Kier alpha value is -2.53. The van der Waals surface area contributed by atoms with Crippen LogP contribution in [0.5, 0.6) is 0 Å². The number of para-hydroxylation sites is 1. The quantitative estimate of drug-likeness (QED) is 0.663. The van der Waals surface area contributed by atoms with Crippen LogP contribution in [-0.4, -0.2) is 34.6 Å². The van der Waals surface area contributed by atoms with E-state index in [1.54, 1.807) is 6.33 Å². The molecule has 4 rings (SSSR count). The van der Waals surface area contributed by atoms with Gasteiger partial charge >= 0.3 is 0 Å². The Morgan fingerprint density at radius 3 is 2.88 bits per heavy atom. The summed E-state index contributed by atoms with van der Waals surface area (Å²) in [4.78, 5) is 13.0. The van der Waals surface area contributed by atoms with Crippen molar-refractivity contribution in [2.24, 2.45) is 5.92 Å². The first-order valence-electron chi connectivity index (χ1n) is 9.50. The van der Waals surface area contributed by atoms with E-state index in [2.05, 4.69) is 44.9 Å². The van der Waals surface area contributed by atoms with Gasteiger partial charge in [0.2, 0.25) is 0 Å². The maximum Gasteiger partial charge on any atom is 0.115 e. The first-order valence-corrected chi connectivity index (χ1v) is 9.50. The van der Waals surface area contributed by atoms with Crippen LogP contribution in [-0.2, 0) is 0 Å². The Morgan fingerprint density at radius 1 is 1.15 bits per heavy atom. The van der Waals surface area contributed by atoms with E-state index in [0.717, 1.165) is 40.3 Å². The van der Waals surface area contributed by atoms with Crippen LogP contribution in [0.3, 0.4) is 0 Å². The average molecular weight is 347 g/mol. The molecule has 0 amide bonds. The number of benzene rings is 1. The predicted octanol–water partition coefficient (Wildman–Crippen LogP) is 3.88. The average Bonchev–Trinajstić information content (AvgIpc) is 2.72. The van der Waals surface area contributed by atoms with Crippen molar-refractivity contribution in [2.45, 2.75) is 25.7 Å². The molecule has 3 aromatic rings. The molecule has 5 nitrogen and oxygen atoms in total. The molecular weight excluding hydrogens is 322 g/mol. The van der Waals surface area contributed by atoms with E-state index in [4.69, 9.17) is 4.98 Å². The van der Waals surface area contributed by atoms with Gasteiger partial charge in [-0.1, -0.05) is 18.2 Å². The summed E-state index contributed by atoms with van der Waals surface area (Å²) in [5.74, 6) is 0.830. The number of piperidine rings is 1. The molecule has 1 atom stereocenters. The fourth-order valence-electron chi connectivity index (χ4n) is 3.69. The fraction of sp³-hybridized carbons (Fsp3) is 0.381. The Kier molecular flexibility index (Phi) is 5.36. The standard InChI is InChI=1S/C21H25N5/c1-2-8-19-18(7-1)21(11-20(26-19)17-13-23-15-24-14-17)25-10-4-6-16-5-3-9-22-12-16/h1-2,7-8,11,13-16,22H,3-6,9-10,12H2,(H,25,26). The molecule has 1 aliphatic rings. The van der Waals surface area contributed by atoms with Crippen LogP contribution < -0.4 is 10.6 Å². The highest BCUT2D eigenvalue weighted by atomic mass is 14.9. The SMILES string of the molecule is c1ccc2c(NCCCC3CCCNC3)cc(-c3cncnc3)nc2c1. The summed E-state index contributed by atoms with van der Waals surface area (Å²) < 4.78 is 0. The molecule has 5 heteroatoms. The van der Waals surface area contributed by atoms with Gasteiger partial charge < -0.3 is 10.6 Å². The third-order valence-electron chi connectivity index (χ3n) is 5.08. The van der Waals surface area contributed by atoms with Crippen molar-refractivity contribution in [1.29, 1.82) is 0 Å². The minimum absolute atomic E-state index is 0.830. The Balaban J connectivity index is 1.49. The van der Waals surface area contributed by atoms with Gasteiger partial charge in [-0.25, -0.2) is 15.0 Å². The van der Waals surface area contributed by atoms with Crippen molar-refractivity contribution >= 4 is 16.6 Å². The van der Waals surface area contributed by atoms with Gasteiger partial charge in [0.1, 0.15) is 6.33 Å². The van der Waals surface area contributed by atoms with Crippen molar-refractivity contribution in [3.63, 3.8) is 0 Å². The molecule has 0 radical (unpaired) electrons. The lowest BCUT2D eigenvalue weighted by Gasteiger charge is -2.22. The number of pyridine rings is 1. The summed E-state index contributed by atoms with van der Waals surface area (Å²) in [5, 5.41) is 8.30. The van der Waals surface area contributed by atoms with Gasteiger partial charge in [-0.3, -0.25) is 0 Å². The molecule has 0 saturated carbocycles. The molecular formula is C21H25N5. The molecule has 1 fully saturated rings. The maximum absolute atomic E-state index is 4.78. The summed E-state index contributed by atoms with van der Waals surface area (Å²) in [7, 11) is 0. The first-order chi connectivity index (χ1) is 12.9. The second-order valence-corrected chi connectivity index (χ2v) is 6.98.